The summed E-state index contributed by atoms with van der Waals surface area (Å²) in [6.07, 6.45) is -50.5. The summed E-state index contributed by atoms with van der Waals surface area (Å²) in [5.74, 6) is -5.09. The maximum atomic E-state index is 12.7. The molecule has 0 aromatic carbocycles. The summed E-state index contributed by atoms with van der Waals surface area (Å²) in [7, 11) is -35.5. The van der Waals surface area contributed by atoms with E-state index in [4.69, 9.17) is 43.6 Å². The van der Waals surface area contributed by atoms with Crippen LogP contribution in [-0.2, 0) is 126 Å². The summed E-state index contributed by atoms with van der Waals surface area (Å²) in [4.78, 5) is 24.5. The third-order valence-electron chi connectivity index (χ3n) is 10.7. The van der Waals surface area contributed by atoms with E-state index in [0.717, 1.165) is 4.72 Å². The molecule has 0 unspecified atom stereocenters. The number of carboxylic acid groups (broad SMARTS) is 2. The molecule has 0 bridgehead atoms. The first-order valence-electron chi connectivity index (χ1n) is 20.8. The monoisotopic (exact) mass is 1250 g/mol. The van der Waals surface area contributed by atoms with Crippen LogP contribution in [0.25, 0.3) is 0 Å². The molecule has 77 heavy (non-hydrogen) atoms. The van der Waals surface area contributed by atoms with Crippen LogP contribution in [0.2, 0.25) is 0 Å². The molecule has 0 spiro atoms. The predicted molar refractivity (Wildman–Crippen MR) is 216 cm³/mol. The van der Waals surface area contributed by atoms with Gasteiger partial charge in [0.25, 0.3) is 0 Å². The molecule has 4 aliphatic heterocycles. The van der Waals surface area contributed by atoms with Crippen LogP contribution >= 0.6 is 0 Å². The van der Waals surface area contributed by atoms with Gasteiger partial charge in [-0.05, 0) is 25.8 Å². The Labute approximate surface area is 433 Å². The maximum absolute atomic E-state index is 12.7. The van der Waals surface area contributed by atoms with Crippen LogP contribution in [0.1, 0.15) is 19.3 Å². The van der Waals surface area contributed by atoms with E-state index in [9.17, 15) is 123 Å². The first-order chi connectivity index (χ1) is 35.1. The number of rotatable bonds is 28. The Kier molecular flexibility index (Phi) is 23.2. The number of carboxylic acids is 2. The highest BCUT2D eigenvalue weighted by Gasteiger charge is 2.58. The molecule has 20 atom stereocenters. The second-order valence-electron chi connectivity index (χ2n) is 16.1. The summed E-state index contributed by atoms with van der Waals surface area (Å²) in [5, 5.41) is 79.8. The van der Waals surface area contributed by atoms with Crippen LogP contribution in [-0.4, -0.2) is 264 Å². The van der Waals surface area contributed by atoms with Crippen molar-refractivity contribution in [3.63, 3.8) is 0 Å². The minimum Gasteiger partial charge on any atom is -0.735 e. The fraction of sp³-hybridized carbons (Fsp3) is 0.931. The molecule has 452 valence electrons. The molecular formula is C29H45N3O39S6-6. The van der Waals surface area contributed by atoms with E-state index < -0.39 is 217 Å². The highest BCUT2D eigenvalue weighted by atomic mass is 32.3. The summed E-state index contributed by atoms with van der Waals surface area (Å²) in [5.41, 5.74) is 5.42. The third-order valence-corrected chi connectivity index (χ3v) is 13.6. The van der Waals surface area contributed by atoms with Gasteiger partial charge in [0.05, 0.1) is 25.2 Å². The molecule has 0 aliphatic carbocycles. The Morgan fingerprint density at radius 1 is 0.494 bits per heavy atom. The summed E-state index contributed by atoms with van der Waals surface area (Å²) < 4.78 is 269. The summed E-state index contributed by atoms with van der Waals surface area (Å²) in [6.45, 7) is -3.66. The number of hydrogen-bond donors (Lipinski definition) is 10. The Morgan fingerprint density at radius 3 is 1.30 bits per heavy atom. The molecule has 4 fully saturated rings. The molecule has 4 aliphatic rings. The van der Waals surface area contributed by atoms with Crippen molar-refractivity contribution in [2.24, 2.45) is 5.73 Å². The van der Waals surface area contributed by atoms with Crippen molar-refractivity contribution in [3.05, 3.63) is 0 Å². The number of aliphatic hydroxyl groups excluding tert-OH is 5. The Hall–Kier alpha value is -2.40. The molecule has 4 saturated heterocycles. The Balaban J connectivity index is 1.81. The average molecular weight is 1250 g/mol. The molecule has 4 rings (SSSR count). The van der Waals surface area contributed by atoms with Gasteiger partial charge in [0.2, 0.25) is 20.8 Å². The SMILES string of the molecule is NCCCCCO[C@H]1O[C@H](COS(=O)(=O)[O-])[C@@H](O[C@@H]2O[C@@H](C(=O)[O-])[C@@H](O[C@H]3O[C@H](COS(=O)(=O)[O-])[C@@H](O[C@@H]4O[C@@H](C(=O)[O-])[C@@H](O)[C@H](O)[C@H]4OS(=O)(=O)O)[C@H](O)[C@H]3NS(=O)(=O)[O-])[C@H](O)[C@H]2OS(=O)(=O)O)[C@H](O)[C@H]1NS(=O)(=O)[O-]. The van der Waals surface area contributed by atoms with E-state index in [-0.39, 0.29) is 13.0 Å². The van der Waals surface area contributed by atoms with Crippen molar-refractivity contribution in [2.75, 3.05) is 26.4 Å². The minimum atomic E-state index is -6.11. The van der Waals surface area contributed by atoms with E-state index in [1.54, 1.807) is 0 Å². The fourth-order valence-electron chi connectivity index (χ4n) is 7.58. The highest BCUT2D eigenvalue weighted by molar-refractivity contribution is 7.84. The lowest BCUT2D eigenvalue weighted by Gasteiger charge is -2.51. The van der Waals surface area contributed by atoms with Gasteiger partial charge in [-0.15, -0.1) is 0 Å². The van der Waals surface area contributed by atoms with Crippen molar-refractivity contribution in [3.8, 4) is 0 Å². The zero-order valence-corrected chi connectivity index (χ0v) is 42.6. The molecular weight excluding hydrogens is 1210 g/mol. The van der Waals surface area contributed by atoms with Crippen molar-refractivity contribution >= 4 is 74.1 Å². The van der Waals surface area contributed by atoms with Crippen LogP contribution in [0.5, 0.6) is 0 Å². The zero-order chi connectivity index (χ0) is 58.6. The normalized spacial score (nSPS) is 37.0. The minimum absolute atomic E-state index is 0.115. The number of hydrogen-bond acceptors (Lipinski definition) is 38. The first kappa shape index (κ1) is 67.1. The van der Waals surface area contributed by atoms with E-state index in [0.29, 0.717) is 12.8 Å². The van der Waals surface area contributed by atoms with E-state index in [2.05, 4.69) is 16.7 Å². The number of ether oxygens (including phenoxy) is 8. The number of aliphatic hydroxyl groups is 5. The predicted octanol–water partition coefficient (Wildman–Crippen LogP) is -14.3. The standard InChI is InChI=1S/C29H51N3O39S6/c30-4-2-1-3-5-60-26-10(31-72(42,43)44)12(33)17(8(63-26)6-61-74(48,49)50)66-29-22(71-77(57,58)59)16(37)19(23(69-29)25(40)41)67-27-11(32-73(45,46)47)13(34)18(9(64-27)7-62-75(51,52)53)65-28-21(70-76(54,55)56)15(36)14(35)20(68-28)24(38)39/h8-23,26-29,31-37H,1-7,30H2,(H,38,39)(H,40,41)(H,42,43,44)(H,45,46,47)(H,48,49,50)(H,51,52,53)(H,54,55,56)(H,57,58,59)/p-6/t8-,9-,10-,11-,12-,13-,14+,15+,16+,17-,18-,19+,20-,21-,22-,23-,26+,27-,28-,29-/m1/s1. The van der Waals surface area contributed by atoms with Crippen LogP contribution < -0.4 is 25.4 Å². The highest BCUT2D eigenvalue weighted by Crippen LogP contribution is 2.37. The summed E-state index contributed by atoms with van der Waals surface area (Å²) >= 11 is 0. The van der Waals surface area contributed by atoms with E-state index >= 15 is 0 Å². The molecule has 0 amide bonds. The van der Waals surface area contributed by atoms with Crippen molar-refractivity contribution in [1.29, 1.82) is 0 Å². The van der Waals surface area contributed by atoms with Gasteiger partial charge in [-0.2, -0.15) is 16.8 Å². The molecule has 0 aromatic rings. The van der Waals surface area contributed by atoms with Crippen molar-refractivity contribution in [2.45, 2.75) is 142 Å². The van der Waals surface area contributed by atoms with Gasteiger partial charge in [0, 0.05) is 6.61 Å². The van der Waals surface area contributed by atoms with Gasteiger partial charge in [-0.25, -0.2) is 51.5 Å². The largest absolute Gasteiger partial charge is 0.735 e. The maximum Gasteiger partial charge on any atom is 0.397 e. The van der Waals surface area contributed by atoms with Gasteiger partial charge in [-0.3, -0.25) is 17.5 Å². The Morgan fingerprint density at radius 2 is 0.896 bits per heavy atom. The van der Waals surface area contributed by atoms with Crippen LogP contribution in [0.3, 0.4) is 0 Å². The van der Waals surface area contributed by atoms with Crippen LogP contribution in [0, 0.1) is 0 Å². The molecule has 42 nitrogen and oxygen atoms in total. The molecule has 0 radical (unpaired) electrons. The van der Waals surface area contributed by atoms with Gasteiger partial charge in [-0.1, -0.05) is 0 Å². The number of nitrogens with two attached hydrogens (primary N) is 1. The van der Waals surface area contributed by atoms with Gasteiger partial charge >= 0.3 is 20.8 Å². The van der Waals surface area contributed by atoms with Gasteiger partial charge in [0.1, 0.15) is 85.3 Å². The van der Waals surface area contributed by atoms with E-state index in [1.165, 1.54) is 4.72 Å². The molecule has 48 heteroatoms. The lowest BCUT2D eigenvalue weighted by molar-refractivity contribution is -0.385. The first-order valence-corrected chi connectivity index (χ1v) is 29.0. The fourth-order valence-corrected chi connectivity index (χ4v) is 10.3. The zero-order valence-electron chi connectivity index (χ0n) is 37.7. The number of nitrogens with one attached hydrogen (secondary N) is 2. The second-order valence-corrected chi connectivity index (χ2v) is 22.6. The number of carbonyl (C=O) groups excluding carboxylic acids is 2. The van der Waals surface area contributed by atoms with Crippen LogP contribution in [0.4, 0.5) is 0 Å². The molecule has 4 heterocycles. The second kappa shape index (κ2) is 26.7. The number of unbranched alkanes of at least 4 members (excludes halogenated alkanes) is 2. The molecule has 11 N–H and O–H groups in total. The number of aliphatic carboxylic acids is 2. The van der Waals surface area contributed by atoms with E-state index in [1.807, 2.05) is 0 Å². The quantitative estimate of drug-likeness (QED) is 0.0198. The molecule has 0 aromatic heterocycles. The average Bonchev–Trinajstić information content (AvgIpc) is 3.25. The van der Waals surface area contributed by atoms with Crippen molar-refractivity contribution in [1.82, 2.24) is 9.44 Å². The van der Waals surface area contributed by atoms with Crippen LogP contribution in [0.15, 0.2) is 0 Å². The lowest BCUT2D eigenvalue weighted by atomic mass is 9.94. The smallest absolute Gasteiger partial charge is 0.397 e. The lowest BCUT2D eigenvalue weighted by Crippen LogP contribution is -2.71. The topological polar surface area (TPSA) is 680 Å². The van der Waals surface area contributed by atoms with Gasteiger partial charge in [0.15, 0.2) is 58.0 Å². The Bertz CT molecular complexity index is 2700. The van der Waals surface area contributed by atoms with Crippen molar-refractivity contribution < 1.29 is 178 Å². The third kappa shape index (κ3) is 20.2. The summed E-state index contributed by atoms with van der Waals surface area (Å²) in [6, 6.07) is -5.36. The van der Waals surface area contributed by atoms with Gasteiger partial charge < -0.3 is 107 Å². The number of carbonyl (C=O) groups is 2. The molecule has 0 saturated carbocycles.